The van der Waals surface area contributed by atoms with E-state index < -0.39 is 5.97 Å². The van der Waals surface area contributed by atoms with E-state index in [0.717, 1.165) is 37.5 Å². The Labute approximate surface area is 145 Å². The average Bonchev–Trinajstić information content (AvgIpc) is 2.64. The smallest absolute Gasteiger partial charge is 0.316 e. The molecule has 0 aromatic carbocycles. The summed E-state index contributed by atoms with van der Waals surface area (Å²) in [5, 5.41) is 8.84. The van der Waals surface area contributed by atoms with Crippen LogP contribution >= 0.6 is 0 Å². The van der Waals surface area contributed by atoms with Crippen molar-refractivity contribution < 1.29 is 19.4 Å². The molecule has 1 fully saturated rings. The van der Waals surface area contributed by atoms with Gasteiger partial charge < -0.3 is 9.84 Å². The molecule has 7 nitrogen and oxygen atoms in total. The van der Waals surface area contributed by atoms with Crippen molar-refractivity contribution >= 4 is 12.3 Å². The van der Waals surface area contributed by atoms with Gasteiger partial charge in [0.05, 0.1) is 5.69 Å². The summed E-state index contributed by atoms with van der Waals surface area (Å²) in [6, 6.07) is 3.75. The highest BCUT2D eigenvalue weighted by Crippen LogP contribution is 2.29. The molecule has 0 radical (unpaired) electrons. The molecule has 2 heterocycles. The summed E-state index contributed by atoms with van der Waals surface area (Å²) in [4.78, 5) is 34.0. The van der Waals surface area contributed by atoms with Crippen molar-refractivity contribution in [3.8, 4) is 17.3 Å². The Morgan fingerprint density at radius 2 is 1.84 bits per heavy atom. The van der Waals surface area contributed by atoms with Crippen molar-refractivity contribution in [2.75, 3.05) is 0 Å². The van der Waals surface area contributed by atoms with Gasteiger partial charge in [0.2, 0.25) is 0 Å². The van der Waals surface area contributed by atoms with Crippen molar-refractivity contribution in [3.63, 3.8) is 0 Å². The minimum atomic E-state index is -0.738. The summed E-state index contributed by atoms with van der Waals surface area (Å²) in [5.41, 5.74) is 1.95. The molecule has 1 N–H and O–H groups in total. The molecular formula is C18H19N3O4. The Morgan fingerprint density at radius 3 is 2.40 bits per heavy atom. The molecule has 1 aliphatic rings. The molecule has 1 saturated carbocycles. The van der Waals surface area contributed by atoms with E-state index in [1.807, 2.05) is 0 Å². The lowest BCUT2D eigenvalue weighted by atomic mass is 9.85. The Bertz CT molecular complexity index is 723. The van der Waals surface area contributed by atoms with Crippen LogP contribution in [0.4, 0.5) is 0 Å². The zero-order valence-electron chi connectivity index (χ0n) is 13.7. The summed E-state index contributed by atoms with van der Waals surface area (Å²) in [5.74, 6) is -0.501. The molecule has 0 saturated heterocycles. The molecule has 7 heteroatoms. The Kier molecular flexibility index (Phi) is 5.33. The first-order chi connectivity index (χ1) is 12.1. The second kappa shape index (κ2) is 7.83. The molecule has 25 heavy (non-hydrogen) atoms. The van der Waals surface area contributed by atoms with Crippen molar-refractivity contribution in [1.82, 2.24) is 15.0 Å². The van der Waals surface area contributed by atoms with Crippen LogP contribution in [-0.2, 0) is 4.79 Å². The summed E-state index contributed by atoms with van der Waals surface area (Å²) >= 11 is 0. The Balaban J connectivity index is 1.56. The van der Waals surface area contributed by atoms with E-state index in [0.29, 0.717) is 17.3 Å². The molecule has 130 valence electrons. The fraction of sp³-hybridized carbons (Fsp3) is 0.389. The van der Waals surface area contributed by atoms with Gasteiger partial charge in [0.25, 0.3) is 0 Å². The zero-order chi connectivity index (χ0) is 17.6. The molecule has 0 spiro atoms. The third-order valence-electron chi connectivity index (χ3n) is 4.38. The minimum absolute atomic E-state index is 0.0286. The summed E-state index contributed by atoms with van der Waals surface area (Å²) in [6.07, 6.45) is 9.12. The lowest BCUT2D eigenvalue weighted by molar-refractivity contribution is -0.138. The number of aldehydes is 1. The van der Waals surface area contributed by atoms with E-state index in [-0.39, 0.29) is 18.4 Å². The van der Waals surface area contributed by atoms with Gasteiger partial charge in [-0.05, 0) is 43.7 Å². The van der Waals surface area contributed by atoms with Gasteiger partial charge >= 0.3 is 12.0 Å². The molecule has 2 aromatic heterocycles. The molecule has 0 amide bonds. The predicted molar refractivity (Wildman–Crippen MR) is 89.3 cm³/mol. The van der Waals surface area contributed by atoms with Gasteiger partial charge in [-0.1, -0.05) is 0 Å². The van der Waals surface area contributed by atoms with Crippen molar-refractivity contribution in [2.24, 2.45) is 5.92 Å². The van der Waals surface area contributed by atoms with Crippen LogP contribution in [0.15, 0.2) is 30.7 Å². The number of carbonyl (C=O) groups excluding carboxylic acids is 1. The number of pyridine rings is 1. The van der Waals surface area contributed by atoms with E-state index in [9.17, 15) is 9.59 Å². The highest BCUT2D eigenvalue weighted by Gasteiger charge is 2.24. The maximum atomic E-state index is 10.8. The Morgan fingerprint density at radius 1 is 1.12 bits per heavy atom. The second-order valence-electron chi connectivity index (χ2n) is 6.21. The summed E-state index contributed by atoms with van der Waals surface area (Å²) in [7, 11) is 0. The quantitative estimate of drug-likeness (QED) is 0.806. The van der Waals surface area contributed by atoms with E-state index in [1.165, 1.54) is 6.20 Å². The number of carboxylic acids is 1. The van der Waals surface area contributed by atoms with Crippen LogP contribution in [0.1, 0.15) is 42.5 Å². The third-order valence-corrected chi connectivity index (χ3v) is 4.38. The molecule has 2 aromatic rings. The third kappa shape index (κ3) is 4.59. The number of nitrogens with zero attached hydrogens (tertiary/aromatic N) is 3. The van der Waals surface area contributed by atoms with Crippen molar-refractivity contribution in [3.05, 3.63) is 36.3 Å². The molecular weight excluding hydrogens is 322 g/mol. The number of rotatable bonds is 6. The minimum Gasteiger partial charge on any atom is -0.481 e. The predicted octanol–water partition coefficient (Wildman–Crippen LogP) is 2.76. The van der Waals surface area contributed by atoms with Gasteiger partial charge in [-0.15, -0.1) is 0 Å². The van der Waals surface area contributed by atoms with Crippen LogP contribution in [0.3, 0.4) is 0 Å². The lowest BCUT2D eigenvalue weighted by Gasteiger charge is -2.27. The topological polar surface area (TPSA) is 102 Å². The van der Waals surface area contributed by atoms with Gasteiger partial charge in [0.15, 0.2) is 6.29 Å². The van der Waals surface area contributed by atoms with Gasteiger partial charge in [-0.3, -0.25) is 14.6 Å². The summed E-state index contributed by atoms with van der Waals surface area (Å²) in [6.45, 7) is 0. The maximum absolute atomic E-state index is 10.8. The fourth-order valence-corrected chi connectivity index (χ4v) is 3.00. The van der Waals surface area contributed by atoms with Crippen molar-refractivity contribution in [2.45, 2.75) is 38.2 Å². The van der Waals surface area contributed by atoms with Gasteiger partial charge in [-0.2, -0.15) is 0 Å². The number of aliphatic carboxylic acids is 1. The molecule has 3 rings (SSSR count). The number of carboxylic acid groups (broad SMARTS) is 1. The molecule has 1 aliphatic carbocycles. The lowest BCUT2D eigenvalue weighted by Crippen LogP contribution is -2.25. The average molecular weight is 341 g/mol. The highest BCUT2D eigenvalue weighted by atomic mass is 16.5. The first-order valence-corrected chi connectivity index (χ1v) is 8.26. The van der Waals surface area contributed by atoms with Crippen LogP contribution in [0.2, 0.25) is 0 Å². The van der Waals surface area contributed by atoms with E-state index >= 15 is 0 Å². The molecule has 0 bridgehead atoms. The standard InChI is InChI=1S/C18H19N3O4/c22-11-13-3-6-16(19-8-13)14-9-20-18(21-10-14)25-15-4-1-12(2-5-15)7-17(23)24/h3,6,8-12,15H,1-2,4-5,7H2,(H,23,24)/t12-,15+. The monoisotopic (exact) mass is 341 g/mol. The SMILES string of the molecule is O=Cc1ccc(-c2cnc(O[C@H]3CC[C@@H](CC(=O)O)CC3)nc2)nc1. The number of ether oxygens (including phenoxy) is 1. The number of hydrogen-bond acceptors (Lipinski definition) is 6. The normalized spacial score (nSPS) is 20.0. The molecule has 0 atom stereocenters. The fourth-order valence-electron chi connectivity index (χ4n) is 3.00. The zero-order valence-corrected chi connectivity index (χ0v) is 13.7. The van der Waals surface area contributed by atoms with Crippen LogP contribution in [0.5, 0.6) is 6.01 Å². The molecule has 0 aliphatic heterocycles. The van der Waals surface area contributed by atoms with Crippen LogP contribution < -0.4 is 4.74 Å². The van der Waals surface area contributed by atoms with Crippen LogP contribution in [-0.4, -0.2) is 38.4 Å². The highest BCUT2D eigenvalue weighted by molar-refractivity contribution is 5.75. The van der Waals surface area contributed by atoms with E-state index in [2.05, 4.69) is 15.0 Å². The van der Waals surface area contributed by atoms with E-state index in [1.54, 1.807) is 24.5 Å². The van der Waals surface area contributed by atoms with Crippen LogP contribution in [0.25, 0.3) is 11.3 Å². The maximum Gasteiger partial charge on any atom is 0.316 e. The largest absolute Gasteiger partial charge is 0.481 e. The first-order valence-electron chi connectivity index (χ1n) is 8.26. The number of carbonyl (C=O) groups is 2. The van der Waals surface area contributed by atoms with Gasteiger partial charge in [0, 0.05) is 36.1 Å². The first kappa shape index (κ1) is 17.0. The second-order valence-corrected chi connectivity index (χ2v) is 6.21. The van der Waals surface area contributed by atoms with Gasteiger partial charge in [0.1, 0.15) is 6.10 Å². The van der Waals surface area contributed by atoms with Crippen LogP contribution in [0, 0.1) is 5.92 Å². The Hall–Kier alpha value is -2.83. The molecule has 0 unspecified atom stereocenters. The number of aromatic nitrogens is 3. The van der Waals surface area contributed by atoms with Crippen molar-refractivity contribution in [1.29, 1.82) is 0 Å². The van der Waals surface area contributed by atoms with Gasteiger partial charge in [-0.25, -0.2) is 9.97 Å². The number of hydrogen-bond donors (Lipinski definition) is 1. The van der Waals surface area contributed by atoms with E-state index in [4.69, 9.17) is 9.84 Å². The summed E-state index contributed by atoms with van der Waals surface area (Å²) < 4.78 is 5.80.